The predicted octanol–water partition coefficient (Wildman–Crippen LogP) is 2.03. The molecule has 19 heavy (non-hydrogen) atoms. The highest BCUT2D eigenvalue weighted by Crippen LogP contribution is 2.32. The van der Waals surface area contributed by atoms with E-state index in [4.69, 9.17) is 0 Å². The number of nitro benzene ring substituents is 1. The first-order valence-corrected chi connectivity index (χ1v) is 5.92. The molecular weight excluding hydrogens is 248 g/mol. The average molecular weight is 258 g/mol. The molecule has 96 valence electrons. The number of benzene rings is 1. The van der Waals surface area contributed by atoms with Gasteiger partial charge in [0.1, 0.15) is 0 Å². The molecule has 1 heterocycles. The van der Waals surface area contributed by atoms with Crippen molar-refractivity contribution in [2.45, 2.75) is 12.8 Å². The molecule has 6 heteroatoms. The van der Waals surface area contributed by atoms with Crippen LogP contribution >= 0.6 is 0 Å². The van der Waals surface area contributed by atoms with Crippen molar-refractivity contribution in [3.8, 4) is 0 Å². The van der Waals surface area contributed by atoms with E-state index < -0.39 is 10.4 Å². The number of carbonyl (C=O) groups excluding carboxylic acids is 1. The molecule has 3 rings (SSSR count). The lowest BCUT2D eigenvalue weighted by Crippen LogP contribution is -2.17. The summed E-state index contributed by atoms with van der Waals surface area (Å²) in [6.07, 6.45) is 3.02. The summed E-state index contributed by atoms with van der Waals surface area (Å²) in [6, 6.07) is 4.00. The molecule has 0 radical (unpaired) electrons. The minimum atomic E-state index is -0.561. The molecule has 1 fully saturated rings. The topological polar surface area (TPSA) is 93.1 Å². The highest BCUT2D eigenvalue weighted by molar-refractivity contribution is 6.01. The summed E-state index contributed by atoms with van der Waals surface area (Å²) in [4.78, 5) is 37.2. The molecule has 6 nitrogen and oxygen atoms in total. The van der Waals surface area contributed by atoms with Crippen LogP contribution in [0, 0.1) is 16.0 Å². The summed E-state index contributed by atoms with van der Waals surface area (Å²) < 4.78 is 0. The van der Waals surface area contributed by atoms with Gasteiger partial charge in [0.25, 0.3) is 5.69 Å². The Hall–Kier alpha value is -2.50. The van der Waals surface area contributed by atoms with E-state index in [-0.39, 0.29) is 28.3 Å². The van der Waals surface area contributed by atoms with Gasteiger partial charge in [-0.2, -0.15) is 0 Å². The summed E-state index contributed by atoms with van der Waals surface area (Å²) in [6.45, 7) is 0. The van der Waals surface area contributed by atoms with Gasteiger partial charge in [-0.1, -0.05) is 0 Å². The van der Waals surface area contributed by atoms with E-state index in [1.807, 2.05) is 0 Å². The van der Waals surface area contributed by atoms with Crippen LogP contribution in [-0.4, -0.2) is 15.7 Å². The Morgan fingerprint density at radius 2 is 2.11 bits per heavy atom. The fourth-order valence-electron chi connectivity index (χ4n) is 2.07. The van der Waals surface area contributed by atoms with E-state index in [1.165, 1.54) is 24.4 Å². The summed E-state index contributed by atoms with van der Waals surface area (Å²) in [5, 5.41) is 10.9. The van der Waals surface area contributed by atoms with Crippen LogP contribution in [-0.2, 0) is 0 Å². The standard InChI is InChI=1S/C13H10N2O4/c16-12(7-1-2-7)10-6-14-11-4-3-8(15(18)19)5-9(11)13(10)17/h3-7H,1-2H2,(H,14,17). The van der Waals surface area contributed by atoms with Crippen LogP contribution < -0.4 is 5.43 Å². The first kappa shape index (κ1) is 11.6. The number of aromatic amines is 1. The van der Waals surface area contributed by atoms with E-state index >= 15 is 0 Å². The molecule has 1 N–H and O–H groups in total. The largest absolute Gasteiger partial charge is 0.360 e. The second-order valence-electron chi connectivity index (χ2n) is 4.66. The molecule has 0 aliphatic heterocycles. The van der Waals surface area contributed by atoms with E-state index in [9.17, 15) is 19.7 Å². The van der Waals surface area contributed by atoms with Crippen molar-refractivity contribution >= 4 is 22.4 Å². The van der Waals surface area contributed by atoms with Crippen LogP contribution in [0.15, 0.2) is 29.2 Å². The Morgan fingerprint density at radius 1 is 1.37 bits per heavy atom. The van der Waals surface area contributed by atoms with Gasteiger partial charge in [0.05, 0.1) is 15.9 Å². The zero-order valence-corrected chi connectivity index (χ0v) is 9.88. The van der Waals surface area contributed by atoms with Gasteiger partial charge in [0.15, 0.2) is 11.2 Å². The summed E-state index contributed by atoms with van der Waals surface area (Å²) >= 11 is 0. The number of nitro groups is 1. The summed E-state index contributed by atoms with van der Waals surface area (Å²) in [5.74, 6) is -0.230. The Morgan fingerprint density at radius 3 is 2.74 bits per heavy atom. The van der Waals surface area contributed by atoms with Crippen LogP contribution in [0.25, 0.3) is 10.9 Å². The molecular formula is C13H10N2O4. The van der Waals surface area contributed by atoms with Crippen molar-refractivity contribution in [2.75, 3.05) is 0 Å². The number of fused-ring (bicyclic) bond motifs is 1. The number of pyridine rings is 1. The molecule has 0 bridgehead atoms. The maximum atomic E-state index is 12.2. The second-order valence-corrected chi connectivity index (χ2v) is 4.66. The Kier molecular flexibility index (Phi) is 2.45. The number of hydrogen-bond donors (Lipinski definition) is 1. The van der Waals surface area contributed by atoms with E-state index in [0.29, 0.717) is 5.52 Å². The Bertz CT molecular complexity index is 759. The fourth-order valence-corrected chi connectivity index (χ4v) is 2.07. The monoisotopic (exact) mass is 258 g/mol. The number of hydrogen-bond acceptors (Lipinski definition) is 4. The van der Waals surface area contributed by atoms with Crippen molar-refractivity contribution in [3.05, 3.63) is 50.3 Å². The molecule has 0 amide bonds. The number of aromatic nitrogens is 1. The predicted molar refractivity (Wildman–Crippen MR) is 68.3 cm³/mol. The van der Waals surface area contributed by atoms with Crippen molar-refractivity contribution < 1.29 is 9.72 Å². The minimum Gasteiger partial charge on any atom is -0.360 e. The maximum absolute atomic E-state index is 12.2. The smallest absolute Gasteiger partial charge is 0.270 e. The first-order valence-electron chi connectivity index (χ1n) is 5.92. The third kappa shape index (κ3) is 1.91. The van der Waals surface area contributed by atoms with Crippen LogP contribution in [0.1, 0.15) is 23.2 Å². The highest BCUT2D eigenvalue weighted by atomic mass is 16.6. The Balaban J connectivity index is 2.21. The van der Waals surface area contributed by atoms with Crippen LogP contribution in [0.2, 0.25) is 0 Å². The lowest BCUT2D eigenvalue weighted by atomic mass is 10.1. The molecule has 0 spiro atoms. The normalized spacial score (nSPS) is 14.5. The van der Waals surface area contributed by atoms with Crippen molar-refractivity contribution in [1.82, 2.24) is 4.98 Å². The van der Waals surface area contributed by atoms with Gasteiger partial charge < -0.3 is 4.98 Å². The SMILES string of the molecule is O=C(c1c[nH]c2ccc([N+](=O)[O-])cc2c1=O)C1CC1. The molecule has 1 aromatic heterocycles. The lowest BCUT2D eigenvalue weighted by Gasteiger charge is -2.02. The fraction of sp³-hybridized carbons (Fsp3) is 0.231. The Labute approximate surface area is 107 Å². The molecule has 1 saturated carbocycles. The van der Waals surface area contributed by atoms with Crippen molar-refractivity contribution in [1.29, 1.82) is 0 Å². The van der Waals surface area contributed by atoms with E-state index in [1.54, 1.807) is 0 Å². The second kappa shape index (κ2) is 4.01. The van der Waals surface area contributed by atoms with Gasteiger partial charge in [-0.15, -0.1) is 0 Å². The lowest BCUT2D eigenvalue weighted by molar-refractivity contribution is -0.384. The number of ketones is 1. The highest BCUT2D eigenvalue weighted by Gasteiger charge is 2.32. The number of H-pyrrole nitrogens is 1. The van der Waals surface area contributed by atoms with Crippen molar-refractivity contribution in [3.63, 3.8) is 0 Å². The minimum absolute atomic E-state index is 0.0581. The van der Waals surface area contributed by atoms with Crippen LogP contribution in [0.4, 0.5) is 5.69 Å². The van der Waals surface area contributed by atoms with Gasteiger partial charge >= 0.3 is 0 Å². The third-order valence-electron chi connectivity index (χ3n) is 3.29. The van der Waals surface area contributed by atoms with E-state index in [2.05, 4.69) is 4.98 Å². The van der Waals surface area contributed by atoms with Crippen LogP contribution in [0.3, 0.4) is 0 Å². The molecule has 1 aliphatic carbocycles. The number of nitrogens with zero attached hydrogens (tertiary/aromatic N) is 1. The van der Waals surface area contributed by atoms with Gasteiger partial charge in [-0.3, -0.25) is 19.7 Å². The number of rotatable bonds is 3. The molecule has 1 aliphatic rings. The molecule has 0 saturated heterocycles. The van der Waals surface area contributed by atoms with E-state index in [0.717, 1.165) is 12.8 Å². The summed E-state index contributed by atoms with van der Waals surface area (Å²) in [7, 11) is 0. The first-order chi connectivity index (χ1) is 9.08. The number of Topliss-reactive ketones (excluding diaryl/α,β-unsaturated/α-hetero) is 1. The number of non-ortho nitro benzene ring substituents is 1. The van der Waals surface area contributed by atoms with Crippen LogP contribution in [0.5, 0.6) is 0 Å². The van der Waals surface area contributed by atoms with Gasteiger partial charge in [0.2, 0.25) is 0 Å². The molecule has 2 aromatic rings. The zero-order valence-electron chi connectivity index (χ0n) is 9.88. The number of carbonyl (C=O) groups is 1. The van der Waals surface area contributed by atoms with Gasteiger partial charge in [-0.05, 0) is 18.9 Å². The number of nitrogens with one attached hydrogen (secondary N) is 1. The summed E-state index contributed by atoms with van der Waals surface area (Å²) in [5.41, 5.74) is -0.0122. The quantitative estimate of drug-likeness (QED) is 0.517. The average Bonchev–Trinajstić information content (AvgIpc) is 3.22. The molecule has 0 unspecified atom stereocenters. The zero-order chi connectivity index (χ0) is 13.6. The molecule has 1 aromatic carbocycles. The van der Waals surface area contributed by atoms with Gasteiger partial charge in [-0.25, -0.2) is 0 Å². The van der Waals surface area contributed by atoms with Gasteiger partial charge in [0, 0.05) is 29.8 Å². The third-order valence-corrected chi connectivity index (χ3v) is 3.29. The van der Waals surface area contributed by atoms with Crippen molar-refractivity contribution in [2.24, 2.45) is 5.92 Å². The molecule has 0 atom stereocenters. The maximum Gasteiger partial charge on any atom is 0.270 e.